The van der Waals surface area contributed by atoms with E-state index in [9.17, 15) is 19.2 Å². The molecule has 0 radical (unpaired) electrons. The van der Waals surface area contributed by atoms with E-state index in [0.717, 1.165) is 36.9 Å². The van der Waals surface area contributed by atoms with Gasteiger partial charge in [0.25, 0.3) is 17.7 Å². The fourth-order valence-electron chi connectivity index (χ4n) is 4.40. The second-order valence-corrected chi connectivity index (χ2v) is 9.20. The van der Waals surface area contributed by atoms with Crippen molar-refractivity contribution in [3.05, 3.63) is 64.7 Å². The summed E-state index contributed by atoms with van der Waals surface area (Å²) in [5, 5.41) is 5.83. The number of ether oxygens (including phenoxy) is 1. The molecule has 1 saturated heterocycles. The number of hydrogen-bond donors (Lipinski definition) is 2. The van der Waals surface area contributed by atoms with E-state index in [1.165, 1.54) is 11.0 Å². The number of carbonyl (C=O) groups is 4. The molecule has 3 aliphatic rings. The molecule has 0 aromatic heterocycles. The summed E-state index contributed by atoms with van der Waals surface area (Å²) in [6, 6.07) is 11.7. The zero-order valence-electron chi connectivity index (χ0n) is 19.0. The summed E-state index contributed by atoms with van der Waals surface area (Å²) in [4.78, 5) is 51.5. The van der Waals surface area contributed by atoms with E-state index in [0.29, 0.717) is 17.7 Å². The summed E-state index contributed by atoms with van der Waals surface area (Å²) in [5.41, 5.74) is 2.50. The van der Waals surface area contributed by atoms with Gasteiger partial charge in [0, 0.05) is 23.8 Å². The van der Waals surface area contributed by atoms with Crippen LogP contribution < -0.4 is 10.6 Å². The predicted octanol–water partition coefficient (Wildman–Crippen LogP) is 3.30. The summed E-state index contributed by atoms with van der Waals surface area (Å²) in [6.07, 6.45) is 3.52. The molecule has 2 atom stereocenters. The van der Waals surface area contributed by atoms with Crippen LogP contribution in [0.15, 0.2) is 42.5 Å². The molecule has 2 aromatic rings. The van der Waals surface area contributed by atoms with Gasteiger partial charge < -0.3 is 15.4 Å². The van der Waals surface area contributed by atoms with Gasteiger partial charge in [0.1, 0.15) is 0 Å². The second kappa shape index (κ2) is 9.02. The molecule has 0 bridgehead atoms. The monoisotopic (exact) mass is 461 g/mol. The van der Waals surface area contributed by atoms with E-state index in [1.54, 1.807) is 12.1 Å². The number of imide groups is 1. The van der Waals surface area contributed by atoms with Crippen LogP contribution >= 0.6 is 0 Å². The highest BCUT2D eigenvalue weighted by molar-refractivity contribution is 6.22. The van der Waals surface area contributed by atoms with Crippen molar-refractivity contribution in [2.24, 2.45) is 5.92 Å². The van der Waals surface area contributed by atoms with Gasteiger partial charge in [-0.2, -0.15) is 0 Å². The maximum absolute atomic E-state index is 12.9. The largest absolute Gasteiger partial charge is 0.376 e. The Labute approximate surface area is 197 Å². The number of anilines is 1. The van der Waals surface area contributed by atoms with Crippen LogP contribution in [0.3, 0.4) is 0 Å². The maximum Gasteiger partial charge on any atom is 0.261 e. The number of benzene rings is 2. The number of rotatable bonds is 7. The Morgan fingerprint density at radius 3 is 2.44 bits per heavy atom. The van der Waals surface area contributed by atoms with E-state index in [-0.39, 0.29) is 53.8 Å². The molecule has 8 nitrogen and oxygen atoms in total. The first kappa shape index (κ1) is 22.3. The zero-order chi connectivity index (χ0) is 23.8. The third-order valence-electron chi connectivity index (χ3n) is 6.62. The Morgan fingerprint density at radius 1 is 1.03 bits per heavy atom. The quantitative estimate of drug-likeness (QED) is 0.616. The lowest BCUT2D eigenvalue weighted by Gasteiger charge is -2.17. The Balaban J connectivity index is 1.23. The molecule has 2 unspecified atom stereocenters. The predicted molar refractivity (Wildman–Crippen MR) is 124 cm³/mol. The lowest BCUT2D eigenvalue weighted by atomic mass is 10.0. The smallest absolute Gasteiger partial charge is 0.261 e. The lowest BCUT2D eigenvalue weighted by Crippen LogP contribution is -2.36. The number of nitrogens with zero attached hydrogens (tertiary/aromatic N) is 1. The van der Waals surface area contributed by atoms with Gasteiger partial charge in [0.15, 0.2) is 0 Å². The minimum absolute atomic E-state index is 0.0491. The van der Waals surface area contributed by atoms with Crippen LogP contribution in [-0.2, 0) is 9.53 Å². The minimum Gasteiger partial charge on any atom is -0.376 e. The Kier molecular flexibility index (Phi) is 5.91. The molecule has 0 spiro atoms. The molecule has 8 heteroatoms. The molecule has 2 aromatic carbocycles. The first-order chi connectivity index (χ1) is 16.4. The Hall–Kier alpha value is -3.52. The number of nitrogens with one attached hydrogen (secondary N) is 2. The highest BCUT2D eigenvalue weighted by Crippen LogP contribution is 2.30. The number of hydrogen-bond acceptors (Lipinski definition) is 5. The van der Waals surface area contributed by atoms with Crippen molar-refractivity contribution in [1.29, 1.82) is 0 Å². The van der Waals surface area contributed by atoms with Crippen LogP contribution in [0.25, 0.3) is 0 Å². The molecule has 1 saturated carbocycles. The van der Waals surface area contributed by atoms with Crippen LogP contribution in [0, 0.1) is 5.92 Å². The number of amides is 4. The number of carbonyl (C=O) groups excluding carboxylic acids is 4. The van der Waals surface area contributed by atoms with Gasteiger partial charge in [-0.3, -0.25) is 24.1 Å². The molecule has 4 amide bonds. The SMILES string of the molecule is CC(NC(=O)c1ccc2c(c1)C(=O)N(CC1CCCO1)C2=O)c1ccc(NC(=O)C2CC2)cc1. The second-order valence-electron chi connectivity index (χ2n) is 9.20. The van der Waals surface area contributed by atoms with Gasteiger partial charge in [-0.15, -0.1) is 0 Å². The van der Waals surface area contributed by atoms with Gasteiger partial charge in [0.05, 0.1) is 29.8 Å². The summed E-state index contributed by atoms with van der Waals surface area (Å²) >= 11 is 0. The summed E-state index contributed by atoms with van der Waals surface area (Å²) < 4.78 is 5.57. The van der Waals surface area contributed by atoms with E-state index in [4.69, 9.17) is 4.74 Å². The van der Waals surface area contributed by atoms with Crippen molar-refractivity contribution < 1.29 is 23.9 Å². The Morgan fingerprint density at radius 2 is 1.76 bits per heavy atom. The fraction of sp³-hybridized carbons (Fsp3) is 0.385. The molecule has 2 aliphatic heterocycles. The third kappa shape index (κ3) is 4.46. The van der Waals surface area contributed by atoms with Crippen LogP contribution in [-0.4, -0.2) is 47.8 Å². The molecule has 176 valence electrons. The van der Waals surface area contributed by atoms with Crippen LogP contribution in [0.2, 0.25) is 0 Å². The summed E-state index contributed by atoms with van der Waals surface area (Å²) in [6.45, 7) is 2.75. The summed E-state index contributed by atoms with van der Waals surface area (Å²) in [5.74, 6) is -0.880. The van der Waals surface area contributed by atoms with Gasteiger partial charge in [-0.25, -0.2) is 0 Å². The van der Waals surface area contributed by atoms with Crippen LogP contribution in [0.1, 0.15) is 75.3 Å². The summed E-state index contributed by atoms with van der Waals surface area (Å²) in [7, 11) is 0. The van der Waals surface area contributed by atoms with Crippen LogP contribution in [0.5, 0.6) is 0 Å². The van der Waals surface area contributed by atoms with Crippen molar-refractivity contribution in [3.63, 3.8) is 0 Å². The topological polar surface area (TPSA) is 105 Å². The van der Waals surface area contributed by atoms with Gasteiger partial charge in [-0.1, -0.05) is 12.1 Å². The van der Waals surface area contributed by atoms with E-state index < -0.39 is 0 Å². The van der Waals surface area contributed by atoms with E-state index >= 15 is 0 Å². The van der Waals surface area contributed by atoms with Crippen molar-refractivity contribution in [2.75, 3.05) is 18.5 Å². The highest BCUT2D eigenvalue weighted by atomic mass is 16.5. The normalized spacial score (nSPS) is 20.3. The van der Waals surface area contributed by atoms with Gasteiger partial charge >= 0.3 is 0 Å². The first-order valence-corrected chi connectivity index (χ1v) is 11.7. The van der Waals surface area contributed by atoms with Crippen molar-refractivity contribution in [3.8, 4) is 0 Å². The molecule has 2 N–H and O–H groups in total. The molecule has 2 heterocycles. The molecule has 2 fully saturated rings. The highest BCUT2D eigenvalue weighted by Gasteiger charge is 2.38. The van der Waals surface area contributed by atoms with E-state index in [2.05, 4.69) is 10.6 Å². The molecular weight excluding hydrogens is 434 g/mol. The molecule has 5 rings (SSSR count). The first-order valence-electron chi connectivity index (χ1n) is 11.7. The van der Waals surface area contributed by atoms with Crippen molar-refractivity contribution in [2.45, 2.75) is 44.8 Å². The Bertz CT molecular complexity index is 1150. The molecule has 34 heavy (non-hydrogen) atoms. The standard InChI is InChI=1S/C26H27N3O5/c1-15(16-6-9-19(10-7-16)28-23(30)17-4-5-17)27-24(31)18-8-11-21-22(13-18)26(33)29(25(21)32)14-20-3-2-12-34-20/h6-11,13,15,17,20H,2-5,12,14H2,1H3,(H,27,31)(H,28,30). The van der Waals surface area contributed by atoms with Gasteiger partial charge in [0.2, 0.25) is 5.91 Å². The lowest BCUT2D eigenvalue weighted by molar-refractivity contribution is -0.117. The fourth-order valence-corrected chi connectivity index (χ4v) is 4.40. The number of fused-ring (bicyclic) bond motifs is 1. The minimum atomic E-state index is -0.387. The third-order valence-corrected chi connectivity index (χ3v) is 6.62. The van der Waals surface area contributed by atoms with Crippen molar-refractivity contribution in [1.82, 2.24) is 10.2 Å². The van der Waals surface area contributed by atoms with Crippen LogP contribution in [0.4, 0.5) is 5.69 Å². The average molecular weight is 462 g/mol. The van der Waals surface area contributed by atoms with E-state index in [1.807, 2.05) is 31.2 Å². The zero-order valence-corrected chi connectivity index (χ0v) is 19.0. The average Bonchev–Trinajstić information content (AvgIpc) is 3.52. The van der Waals surface area contributed by atoms with Crippen molar-refractivity contribution >= 4 is 29.3 Å². The van der Waals surface area contributed by atoms with Gasteiger partial charge in [-0.05, 0) is 68.5 Å². The molecule has 1 aliphatic carbocycles. The molecular formula is C26H27N3O5. The maximum atomic E-state index is 12.9.